The molecular formula is C18H20N2O2. The lowest BCUT2D eigenvalue weighted by Crippen LogP contribution is -2.41. The van der Waals surface area contributed by atoms with Crippen LogP contribution in [0.5, 0.6) is 5.75 Å². The lowest BCUT2D eigenvalue weighted by atomic mass is 10.1. The van der Waals surface area contributed by atoms with E-state index in [-0.39, 0.29) is 11.9 Å². The molecule has 4 nitrogen and oxygen atoms in total. The van der Waals surface area contributed by atoms with Crippen LogP contribution in [0.2, 0.25) is 0 Å². The van der Waals surface area contributed by atoms with Crippen molar-refractivity contribution < 1.29 is 9.53 Å². The highest BCUT2D eigenvalue weighted by atomic mass is 16.5. The van der Waals surface area contributed by atoms with Gasteiger partial charge in [0.2, 0.25) is 5.91 Å². The first-order chi connectivity index (χ1) is 10.7. The first-order valence-electron chi connectivity index (χ1n) is 7.55. The number of para-hydroxylation sites is 2. The van der Waals surface area contributed by atoms with Gasteiger partial charge < -0.3 is 15.0 Å². The van der Waals surface area contributed by atoms with E-state index in [4.69, 9.17) is 4.74 Å². The van der Waals surface area contributed by atoms with Crippen LogP contribution in [0.4, 0.5) is 5.69 Å². The van der Waals surface area contributed by atoms with Gasteiger partial charge in [-0.15, -0.1) is 0 Å². The van der Waals surface area contributed by atoms with Crippen molar-refractivity contribution in [2.45, 2.75) is 13.0 Å². The molecule has 1 aliphatic rings. The zero-order valence-corrected chi connectivity index (χ0v) is 12.7. The van der Waals surface area contributed by atoms with Gasteiger partial charge in [0.15, 0.2) is 0 Å². The maximum Gasteiger partial charge on any atom is 0.239 e. The summed E-state index contributed by atoms with van der Waals surface area (Å²) in [5.41, 5.74) is 2.09. The Labute approximate surface area is 130 Å². The third-order valence-electron chi connectivity index (χ3n) is 3.84. The zero-order chi connectivity index (χ0) is 15.4. The average molecular weight is 296 g/mol. The summed E-state index contributed by atoms with van der Waals surface area (Å²) in [7, 11) is 0. The molecule has 1 unspecified atom stereocenters. The van der Waals surface area contributed by atoms with E-state index in [0.29, 0.717) is 13.2 Å². The van der Waals surface area contributed by atoms with Crippen molar-refractivity contribution >= 4 is 11.6 Å². The Morgan fingerprint density at radius 1 is 1.18 bits per heavy atom. The van der Waals surface area contributed by atoms with Gasteiger partial charge in [-0.1, -0.05) is 42.5 Å². The minimum atomic E-state index is 0.00462. The van der Waals surface area contributed by atoms with E-state index in [1.54, 1.807) is 0 Å². The quantitative estimate of drug-likeness (QED) is 0.943. The van der Waals surface area contributed by atoms with Crippen molar-refractivity contribution in [1.82, 2.24) is 5.32 Å². The third kappa shape index (κ3) is 3.22. The smallest absolute Gasteiger partial charge is 0.239 e. The first kappa shape index (κ1) is 14.4. The van der Waals surface area contributed by atoms with Crippen molar-refractivity contribution in [3.05, 3.63) is 60.2 Å². The summed E-state index contributed by atoms with van der Waals surface area (Å²) in [4.78, 5) is 14.4. The van der Waals surface area contributed by atoms with Crippen LogP contribution in [0.25, 0.3) is 0 Å². The molecular weight excluding hydrogens is 276 g/mol. The number of ether oxygens (including phenoxy) is 1. The van der Waals surface area contributed by atoms with Crippen LogP contribution >= 0.6 is 0 Å². The standard InChI is InChI=1S/C18H20N2O2/c1-14(15-7-3-2-4-8-15)19-18(21)13-20-11-12-22-17-10-6-5-9-16(17)20/h2-10,14H,11-13H2,1H3,(H,19,21). The molecule has 0 bridgehead atoms. The van der Waals surface area contributed by atoms with Crippen LogP contribution in [0.1, 0.15) is 18.5 Å². The Bertz CT molecular complexity index is 643. The second kappa shape index (κ2) is 6.52. The number of anilines is 1. The van der Waals surface area contributed by atoms with Gasteiger partial charge in [0.1, 0.15) is 12.4 Å². The van der Waals surface area contributed by atoms with E-state index < -0.39 is 0 Å². The molecule has 22 heavy (non-hydrogen) atoms. The minimum Gasteiger partial charge on any atom is -0.490 e. The van der Waals surface area contributed by atoms with Gasteiger partial charge in [-0.25, -0.2) is 0 Å². The van der Waals surface area contributed by atoms with Gasteiger partial charge in [0, 0.05) is 0 Å². The van der Waals surface area contributed by atoms with E-state index >= 15 is 0 Å². The molecule has 0 radical (unpaired) electrons. The molecule has 0 saturated heterocycles. The Morgan fingerprint density at radius 2 is 1.91 bits per heavy atom. The second-order valence-electron chi connectivity index (χ2n) is 5.44. The van der Waals surface area contributed by atoms with Crippen LogP contribution in [0.3, 0.4) is 0 Å². The summed E-state index contributed by atoms with van der Waals surface area (Å²) in [5.74, 6) is 0.866. The summed E-state index contributed by atoms with van der Waals surface area (Å²) in [6.45, 7) is 3.68. The molecule has 1 heterocycles. The monoisotopic (exact) mass is 296 g/mol. The molecule has 0 spiro atoms. The molecule has 1 aliphatic heterocycles. The molecule has 0 aromatic heterocycles. The fraction of sp³-hybridized carbons (Fsp3) is 0.278. The molecule has 3 rings (SSSR count). The van der Waals surface area contributed by atoms with E-state index in [0.717, 1.165) is 23.5 Å². The normalized spacial score (nSPS) is 14.7. The Hall–Kier alpha value is -2.49. The molecule has 114 valence electrons. The second-order valence-corrected chi connectivity index (χ2v) is 5.44. The maximum atomic E-state index is 12.3. The molecule has 4 heteroatoms. The predicted octanol–water partition coefficient (Wildman–Crippen LogP) is 2.76. The number of amides is 1. The Kier molecular flexibility index (Phi) is 4.28. The fourth-order valence-corrected chi connectivity index (χ4v) is 2.68. The zero-order valence-electron chi connectivity index (χ0n) is 12.7. The summed E-state index contributed by atoms with van der Waals surface area (Å²) in [6.07, 6.45) is 0. The van der Waals surface area contributed by atoms with Crippen molar-refractivity contribution in [3.63, 3.8) is 0 Å². The number of fused-ring (bicyclic) bond motifs is 1. The number of hydrogen-bond donors (Lipinski definition) is 1. The van der Waals surface area contributed by atoms with Crippen LogP contribution in [-0.4, -0.2) is 25.6 Å². The van der Waals surface area contributed by atoms with Crippen molar-refractivity contribution in [3.8, 4) is 5.75 Å². The van der Waals surface area contributed by atoms with E-state index in [1.165, 1.54) is 0 Å². The number of carbonyl (C=O) groups is 1. The summed E-state index contributed by atoms with van der Waals surface area (Å²) < 4.78 is 5.61. The highest BCUT2D eigenvalue weighted by Gasteiger charge is 2.20. The largest absolute Gasteiger partial charge is 0.490 e. The third-order valence-corrected chi connectivity index (χ3v) is 3.84. The van der Waals surface area contributed by atoms with Gasteiger partial charge in [0.25, 0.3) is 0 Å². The number of carbonyl (C=O) groups excluding carboxylic acids is 1. The number of benzene rings is 2. The van der Waals surface area contributed by atoms with E-state index in [9.17, 15) is 4.79 Å². The Morgan fingerprint density at radius 3 is 2.73 bits per heavy atom. The van der Waals surface area contributed by atoms with Gasteiger partial charge in [0.05, 0.1) is 24.8 Å². The minimum absolute atomic E-state index is 0.00462. The highest BCUT2D eigenvalue weighted by Crippen LogP contribution is 2.30. The number of hydrogen-bond acceptors (Lipinski definition) is 3. The molecule has 2 aromatic rings. The van der Waals surface area contributed by atoms with Crippen LogP contribution < -0.4 is 15.0 Å². The molecule has 1 amide bonds. The Balaban J connectivity index is 1.63. The number of nitrogens with one attached hydrogen (secondary N) is 1. The predicted molar refractivity (Wildman–Crippen MR) is 87.1 cm³/mol. The number of nitrogens with zero attached hydrogens (tertiary/aromatic N) is 1. The van der Waals surface area contributed by atoms with Crippen LogP contribution in [0, 0.1) is 0 Å². The lowest BCUT2D eigenvalue weighted by Gasteiger charge is -2.31. The lowest BCUT2D eigenvalue weighted by molar-refractivity contribution is -0.120. The van der Waals surface area contributed by atoms with Crippen molar-refractivity contribution in [1.29, 1.82) is 0 Å². The molecule has 2 aromatic carbocycles. The average Bonchev–Trinajstić information content (AvgIpc) is 2.56. The van der Waals surface area contributed by atoms with Crippen LogP contribution in [-0.2, 0) is 4.79 Å². The molecule has 1 atom stereocenters. The molecule has 0 saturated carbocycles. The molecule has 0 fully saturated rings. The van der Waals surface area contributed by atoms with E-state index in [2.05, 4.69) is 10.2 Å². The van der Waals surface area contributed by atoms with Gasteiger partial charge in [-0.2, -0.15) is 0 Å². The highest BCUT2D eigenvalue weighted by molar-refractivity contribution is 5.82. The number of rotatable bonds is 4. The van der Waals surface area contributed by atoms with Crippen molar-refractivity contribution in [2.75, 3.05) is 24.6 Å². The topological polar surface area (TPSA) is 41.6 Å². The van der Waals surface area contributed by atoms with Crippen LogP contribution in [0.15, 0.2) is 54.6 Å². The molecule has 1 N–H and O–H groups in total. The SMILES string of the molecule is CC(NC(=O)CN1CCOc2ccccc21)c1ccccc1. The first-order valence-corrected chi connectivity index (χ1v) is 7.55. The van der Waals surface area contributed by atoms with Crippen molar-refractivity contribution in [2.24, 2.45) is 0 Å². The summed E-state index contributed by atoms with van der Waals surface area (Å²) in [6, 6.07) is 17.8. The molecule has 0 aliphatic carbocycles. The van der Waals surface area contributed by atoms with Gasteiger partial charge in [-0.05, 0) is 24.6 Å². The fourth-order valence-electron chi connectivity index (χ4n) is 2.68. The summed E-state index contributed by atoms with van der Waals surface area (Å²) in [5, 5.41) is 3.05. The maximum absolute atomic E-state index is 12.3. The van der Waals surface area contributed by atoms with Gasteiger partial charge >= 0.3 is 0 Å². The summed E-state index contributed by atoms with van der Waals surface area (Å²) >= 11 is 0. The van der Waals surface area contributed by atoms with Gasteiger partial charge in [-0.3, -0.25) is 4.79 Å². The van der Waals surface area contributed by atoms with E-state index in [1.807, 2.05) is 61.5 Å².